The Labute approximate surface area is 199 Å². The molecule has 1 rings (SSSR count). The number of rotatable bonds is 15. The molecule has 0 heterocycles. The van der Waals surface area contributed by atoms with Crippen LogP contribution >= 0.6 is 0 Å². The second-order valence-electron chi connectivity index (χ2n) is 8.51. The maximum absolute atomic E-state index is 12.4. The number of nitro benzene ring substituents is 1. The molecule has 0 bridgehead atoms. The number of hydrogen-bond acceptors (Lipinski definition) is 9. The SMILES string of the molecule is CC(C)C[C@H](N)C(=O)N[C@@H](CCCN)CC(=O)NN(C)CC(=O)OCc1ccccc1[N+](=O)[O-]. The molecular formula is C22H36N6O6. The third kappa shape index (κ3) is 11.2. The van der Waals surface area contributed by atoms with Gasteiger partial charge in [0.05, 0.1) is 16.5 Å². The van der Waals surface area contributed by atoms with Crippen molar-refractivity contribution in [3.63, 3.8) is 0 Å². The van der Waals surface area contributed by atoms with E-state index in [1.54, 1.807) is 6.07 Å². The van der Waals surface area contributed by atoms with Crippen LogP contribution in [0.5, 0.6) is 0 Å². The van der Waals surface area contributed by atoms with Crippen LogP contribution in [0.3, 0.4) is 0 Å². The fourth-order valence-electron chi connectivity index (χ4n) is 3.24. The number of hydrogen-bond donors (Lipinski definition) is 4. The number of nitro groups is 1. The standard InChI is InChI=1S/C22H36N6O6/c1-15(2)11-18(24)22(31)25-17(8-6-10-23)12-20(29)26-27(3)13-21(30)34-14-16-7-4-5-9-19(16)28(32)33/h4-5,7,9,15,17-18H,6,8,10-14,23-24H2,1-3H3,(H,25,31)(H,26,29)/t17-,18-/m0/s1. The van der Waals surface area contributed by atoms with Gasteiger partial charge >= 0.3 is 5.97 Å². The normalized spacial score (nSPS) is 12.8. The number of esters is 1. The van der Waals surface area contributed by atoms with E-state index in [-0.39, 0.29) is 42.6 Å². The van der Waals surface area contributed by atoms with E-state index in [4.69, 9.17) is 16.2 Å². The van der Waals surface area contributed by atoms with Crippen LogP contribution in [0.1, 0.15) is 45.1 Å². The fourth-order valence-corrected chi connectivity index (χ4v) is 3.24. The number of carbonyl (C=O) groups excluding carboxylic acids is 3. The highest BCUT2D eigenvalue weighted by Gasteiger charge is 2.22. The molecule has 190 valence electrons. The Morgan fingerprint density at radius 3 is 2.53 bits per heavy atom. The molecule has 12 heteroatoms. The lowest BCUT2D eigenvalue weighted by molar-refractivity contribution is -0.385. The van der Waals surface area contributed by atoms with Gasteiger partial charge in [0.25, 0.3) is 5.69 Å². The molecule has 0 radical (unpaired) electrons. The number of hydrazine groups is 1. The summed E-state index contributed by atoms with van der Waals surface area (Å²) < 4.78 is 5.09. The predicted molar refractivity (Wildman–Crippen MR) is 126 cm³/mol. The van der Waals surface area contributed by atoms with Gasteiger partial charge in [-0.1, -0.05) is 26.0 Å². The highest BCUT2D eigenvalue weighted by molar-refractivity contribution is 5.83. The molecule has 0 saturated heterocycles. The molecule has 2 amide bonds. The quantitative estimate of drug-likeness (QED) is 0.158. The lowest BCUT2D eigenvalue weighted by Gasteiger charge is -2.23. The van der Waals surface area contributed by atoms with Crippen molar-refractivity contribution in [1.82, 2.24) is 15.8 Å². The molecule has 0 spiro atoms. The number of ether oxygens (including phenoxy) is 1. The molecule has 0 aromatic heterocycles. The minimum absolute atomic E-state index is 0.0181. The summed E-state index contributed by atoms with van der Waals surface area (Å²) in [5.74, 6) is -1.15. The zero-order valence-corrected chi connectivity index (χ0v) is 20.0. The Hall–Kier alpha value is -3.09. The van der Waals surface area contributed by atoms with Crippen molar-refractivity contribution in [3.05, 3.63) is 39.9 Å². The van der Waals surface area contributed by atoms with Crippen LogP contribution in [-0.2, 0) is 25.7 Å². The maximum Gasteiger partial charge on any atom is 0.322 e. The van der Waals surface area contributed by atoms with Crippen LogP contribution in [-0.4, -0.2) is 59.9 Å². The second-order valence-corrected chi connectivity index (χ2v) is 8.51. The summed E-state index contributed by atoms with van der Waals surface area (Å²) in [6.07, 6.45) is 1.63. The summed E-state index contributed by atoms with van der Waals surface area (Å²) in [6.45, 7) is 3.81. The minimum Gasteiger partial charge on any atom is -0.460 e. The summed E-state index contributed by atoms with van der Waals surface area (Å²) in [6, 6.07) is 4.84. The lowest BCUT2D eigenvalue weighted by atomic mass is 10.0. The van der Waals surface area contributed by atoms with E-state index in [1.807, 2.05) is 13.8 Å². The van der Waals surface area contributed by atoms with E-state index in [1.165, 1.54) is 30.3 Å². The van der Waals surface area contributed by atoms with Crippen LogP contribution in [0.2, 0.25) is 0 Å². The molecule has 0 saturated carbocycles. The van der Waals surface area contributed by atoms with Gasteiger partial charge in [-0.25, -0.2) is 5.01 Å². The molecule has 1 aromatic rings. The molecule has 1 aromatic carbocycles. The molecule has 0 aliphatic rings. The molecule has 0 aliphatic carbocycles. The van der Waals surface area contributed by atoms with Gasteiger partial charge in [-0.3, -0.25) is 29.9 Å². The average molecular weight is 481 g/mol. The number of carbonyl (C=O) groups is 3. The van der Waals surface area contributed by atoms with Crippen LogP contribution in [0.4, 0.5) is 5.69 Å². The third-order valence-corrected chi connectivity index (χ3v) is 4.86. The summed E-state index contributed by atoms with van der Waals surface area (Å²) in [4.78, 5) is 47.4. The van der Waals surface area contributed by atoms with Gasteiger partial charge in [-0.2, -0.15) is 0 Å². The van der Waals surface area contributed by atoms with Crippen molar-refractivity contribution in [2.45, 2.75) is 58.2 Å². The zero-order valence-electron chi connectivity index (χ0n) is 20.0. The van der Waals surface area contributed by atoms with Crippen molar-refractivity contribution in [2.24, 2.45) is 17.4 Å². The number of nitrogens with one attached hydrogen (secondary N) is 2. The van der Waals surface area contributed by atoms with E-state index < -0.39 is 28.9 Å². The fraction of sp³-hybridized carbons (Fsp3) is 0.591. The van der Waals surface area contributed by atoms with Crippen molar-refractivity contribution in [3.8, 4) is 0 Å². The number of nitrogens with zero attached hydrogens (tertiary/aromatic N) is 2. The molecule has 0 unspecified atom stereocenters. The van der Waals surface area contributed by atoms with E-state index in [0.717, 1.165) is 0 Å². The summed E-state index contributed by atoms with van der Waals surface area (Å²) in [5.41, 5.74) is 14.2. The van der Waals surface area contributed by atoms with E-state index in [9.17, 15) is 24.5 Å². The van der Waals surface area contributed by atoms with E-state index >= 15 is 0 Å². The van der Waals surface area contributed by atoms with Crippen LogP contribution < -0.4 is 22.2 Å². The molecule has 12 nitrogen and oxygen atoms in total. The van der Waals surface area contributed by atoms with E-state index in [0.29, 0.717) is 25.8 Å². The van der Waals surface area contributed by atoms with E-state index in [2.05, 4.69) is 10.7 Å². The number of likely N-dealkylation sites (N-methyl/N-ethyl adjacent to an activating group) is 1. The van der Waals surface area contributed by atoms with Crippen LogP contribution in [0.25, 0.3) is 0 Å². The molecule has 0 fully saturated rings. The van der Waals surface area contributed by atoms with Gasteiger partial charge in [-0.05, 0) is 37.8 Å². The van der Waals surface area contributed by atoms with Gasteiger partial charge < -0.3 is 21.5 Å². The smallest absolute Gasteiger partial charge is 0.322 e. The summed E-state index contributed by atoms with van der Waals surface area (Å²) in [5, 5.41) is 15.1. The molecule has 34 heavy (non-hydrogen) atoms. The molecule has 6 N–H and O–H groups in total. The summed E-state index contributed by atoms with van der Waals surface area (Å²) in [7, 11) is 1.48. The summed E-state index contributed by atoms with van der Waals surface area (Å²) >= 11 is 0. The van der Waals surface area contributed by atoms with Crippen LogP contribution in [0, 0.1) is 16.0 Å². The van der Waals surface area contributed by atoms with Crippen molar-refractivity contribution in [1.29, 1.82) is 0 Å². The van der Waals surface area contributed by atoms with Crippen molar-refractivity contribution >= 4 is 23.5 Å². The zero-order chi connectivity index (χ0) is 25.7. The predicted octanol–water partition coefficient (Wildman–Crippen LogP) is 0.588. The van der Waals surface area contributed by atoms with Gasteiger partial charge in [0.2, 0.25) is 11.8 Å². The first-order valence-corrected chi connectivity index (χ1v) is 11.2. The number of nitrogens with two attached hydrogens (primary N) is 2. The van der Waals surface area contributed by atoms with Crippen molar-refractivity contribution in [2.75, 3.05) is 20.1 Å². The van der Waals surface area contributed by atoms with Gasteiger partial charge in [-0.15, -0.1) is 0 Å². The Kier molecular flexibility index (Phi) is 12.7. The Morgan fingerprint density at radius 1 is 1.24 bits per heavy atom. The van der Waals surface area contributed by atoms with Gasteiger partial charge in [0, 0.05) is 25.6 Å². The average Bonchev–Trinajstić information content (AvgIpc) is 2.75. The molecule has 0 aliphatic heterocycles. The number of benzene rings is 1. The largest absolute Gasteiger partial charge is 0.460 e. The minimum atomic E-state index is -0.673. The highest BCUT2D eigenvalue weighted by Crippen LogP contribution is 2.18. The Morgan fingerprint density at radius 2 is 1.91 bits per heavy atom. The highest BCUT2D eigenvalue weighted by atomic mass is 16.6. The second kappa shape index (κ2) is 14.9. The molecule has 2 atom stereocenters. The Bertz CT molecular complexity index is 834. The first-order chi connectivity index (χ1) is 16.0. The van der Waals surface area contributed by atoms with Crippen LogP contribution in [0.15, 0.2) is 24.3 Å². The Balaban J connectivity index is 2.54. The van der Waals surface area contributed by atoms with Gasteiger partial charge in [0.15, 0.2) is 0 Å². The third-order valence-electron chi connectivity index (χ3n) is 4.86. The first-order valence-electron chi connectivity index (χ1n) is 11.2. The lowest BCUT2D eigenvalue weighted by Crippen LogP contribution is -2.49. The number of para-hydroxylation sites is 1. The van der Waals surface area contributed by atoms with Crippen molar-refractivity contribution < 1.29 is 24.0 Å². The monoisotopic (exact) mass is 480 g/mol. The topological polar surface area (TPSA) is 183 Å². The first kappa shape index (κ1) is 28.9. The maximum atomic E-state index is 12.4. The molecular weight excluding hydrogens is 444 g/mol. The van der Waals surface area contributed by atoms with Gasteiger partial charge in [0.1, 0.15) is 13.2 Å². The number of amides is 2.